The van der Waals surface area contributed by atoms with Crippen molar-refractivity contribution >= 4 is 11.7 Å². The SMILES string of the molecule is CC(C)C1Oc2cc(OCCCN3CCC(NC(=O)c4ccccc4)CC3)ccc2C1=O. The molecule has 2 aliphatic heterocycles. The molecular weight excluding hydrogens is 404 g/mol. The van der Waals surface area contributed by atoms with Gasteiger partial charge in [-0.2, -0.15) is 0 Å². The standard InChI is InChI=1S/C26H32N2O4/c1-18(2)25-24(29)22-10-9-21(17-23(22)32-25)31-16-6-13-28-14-11-20(12-15-28)27-26(30)19-7-4-3-5-8-19/h3-5,7-10,17-18,20,25H,6,11-16H2,1-2H3,(H,27,30). The van der Waals surface area contributed by atoms with E-state index in [2.05, 4.69) is 10.2 Å². The Labute approximate surface area is 189 Å². The molecule has 1 N–H and O–H groups in total. The van der Waals surface area contributed by atoms with Crippen LogP contribution in [0.1, 0.15) is 53.8 Å². The molecule has 170 valence electrons. The van der Waals surface area contributed by atoms with Gasteiger partial charge in [0.1, 0.15) is 11.5 Å². The first-order chi connectivity index (χ1) is 15.5. The van der Waals surface area contributed by atoms with Gasteiger partial charge in [0.25, 0.3) is 5.91 Å². The summed E-state index contributed by atoms with van der Waals surface area (Å²) in [5.41, 5.74) is 1.37. The van der Waals surface area contributed by atoms with Gasteiger partial charge in [0.2, 0.25) is 5.78 Å². The molecule has 2 aromatic carbocycles. The summed E-state index contributed by atoms with van der Waals surface area (Å²) in [5.74, 6) is 1.59. The smallest absolute Gasteiger partial charge is 0.251 e. The lowest BCUT2D eigenvalue weighted by atomic mass is 10.0. The van der Waals surface area contributed by atoms with Crippen LogP contribution in [-0.2, 0) is 0 Å². The van der Waals surface area contributed by atoms with Crippen molar-refractivity contribution in [1.29, 1.82) is 0 Å². The Kier molecular flexibility index (Phi) is 7.10. The minimum absolute atomic E-state index is 0.0113. The second kappa shape index (κ2) is 10.2. The number of hydrogen-bond donors (Lipinski definition) is 1. The number of likely N-dealkylation sites (tertiary alicyclic amines) is 1. The van der Waals surface area contributed by atoms with Gasteiger partial charge in [0, 0.05) is 37.3 Å². The van der Waals surface area contributed by atoms with Crippen molar-refractivity contribution in [2.45, 2.75) is 45.3 Å². The number of carbonyl (C=O) groups excluding carboxylic acids is 2. The van der Waals surface area contributed by atoms with Crippen molar-refractivity contribution in [2.75, 3.05) is 26.2 Å². The molecule has 6 nitrogen and oxygen atoms in total. The number of nitrogens with one attached hydrogen (secondary N) is 1. The molecule has 4 rings (SSSR count). The van der Waals surface area contributed by atoms with Gasteiger partial charge in [0.05, 0.1) is 12.2 Å². The Balaban J connectivity index is 1.15. The topological polar surface area (TPSA) is 67.9 Å². The Hall–Kier alpha value is -2.86. The van der Waals surface area contributed by atoms with Crippen molar-refractivity contribution in [1.82, 2.24) is 10.2 Å². The van der Waals surface area contributed by atoms with Crippen LogP contribution in [0.4, 0.5) is 0 Å². The van der Waals surface area contributed by atoms with Gasteiger partial charge in [0.15, 0.2) is 6.10 Å². The molecule has 2 aliphatic rings. The van der Waals surface area contributed by atoms with Crippen LogP contribution in [0.5, 0.6) is 11.5 Å². The minimum atomic E-state index is -0.388. The van der Waals surface area contributed by atoms with E-state index in [0.717, 1.165) is 44.6 Å². The number of hydrogen-bond acceptors (Lipinski definition) is 5. The maximum absolute atomic E-state index is 12.3. The summed E-state index contributed by atoms with van der Waals surface area (Å²) in [5, 5.41) is 3.15. The zero-order valence-electron chi connectivity index (χ0n) is 18.9. The van der Waals surface area contributed by atoms with E-state index in [4.69, 9.17) is 9.47 Å². The number of fused-ring (bicyclic) bond motifs is 1. The second-order valence-corrected chi connectivity index (χ2v) is 8.96. The lowest BCUT2D eigenvalue weighted by Gasteiger charge is -2.32. The molecular formula is C26H32N2O4. The first-order valence-corrected chi connectivity index (χ1v) is 11.6. The number of ketones is 1. The molecule has 1 atom stereocenters. The Morgan fingerprint density at radius 1 is 1.16 bits per heavy atom. The van der Waals surface area contributed by atoms with E-state index in [1.54, 1.807) is 0 Å². The summed E-state index contributed by atoms with van der Waals surface area (Å²) in [6, 6.07) is 15.1. The Bertz CT molecular complexity index is 936. The van der Waals surface area contributed by atoms with Crippen LogP contribution in [0.3, 0.4) is 0 Å². The van der Waals surface area contributed by atoms with Crippen LogP contribution in [0.2, 0.25) is 0 Å². The molecule has 32 heavy (non-hydrogen) atoms. The molecule has 6 heteroatoms. The van der Waals surface area contributed by atoms with Crippen LogP contribution in [0, 0.1) is 5.92 Å². The van der Waals surface area contributed by atoms with Crippen molar-refractivity contribution in [3.63, 3.8) is 0 Å². The van der Waals surface area contributed by atoms with E-state index < -0.39 is 0 Å². The molecule has 0 radical (unpaired) electrons. The average molecular weight is 437 g/mol. The number of benzene rings is 2. The third-order valence-electron chi connectivity index (χ3n) is 6.18. The minimum Gasteiger partial charge on any atom is -0.493 e. The molecule has 1 unspecified atom stereocenters. The number of amides is 1. The van der Waals surface area contributed by atoms with Gasteiger partial charge >= 0.3 is 0 Å². The van der Waals surface area contributed by atoms with Crippen LogP contribution in [0.25, 0.3) is 0 Å². The second-order valence-electron chi connectivity index (χ2n) is 8.96. The molecule has 0 aromatic heterocycles. The maximum Gasteiger partial charge on any atom is 0.251 e. The first-order valence-electron chi connectivity index (χ1n) is 11.6. The van der Waals surface area contributed by atoms with E-state index in [-0.39, 0.29) is 29.8 Å². The zero-order chi connectivity index (χ0) is 22.5. The molecule has 0 saturated carbocycles. The van der Waals surface area contributed by atoms with Crippen molar-refractivity contribution in [3.8, 4) is 11.5 Å². The molecule has 0 aliphatic carbocycles. The summed E-state index contributed by atoms with van der Waals surface area (Å²) in [7, 11) is 0. The Morgan fingerprint density at radius 3 is 2.62 bits per heavy atom. The number of carbonyl (C=O) groups is 2. The van der Waals surface area contributed by atoms with Crippen LogP contribution >= 0.6 is 0 Å². The highest BCUT2D eigenvalue weighted by Gasteiger charge is 2.34. The molecule has 0 bridgehead atoms. The van der Waals surface area contributed by atoms with Crippen molar-refractivity contribution in [2.24, 2.45) is 5.92 Å². The van der Waals surface area contributed by atoms with Crippen LogP contribution in [0.15, 0.2) is 48.5 Å². The maximum atomic E-state index is 12.3. The van der Waals surface area contributed by atoms with E-state index >= 15 is 0 Å². The molecule has 2 heterocycles. The highest BCUT2D eigenvalue weighted by Crippen LogP contribution is 2.34. The van der Waals surface area contributed by atoms with E-state index in [1.165, 1.54) is 0 Å². The highest BCUT2D eigenvalue weighted by atomic mass is 16.5. The van der Waals surface area contributed by atoms with Crippen LogP contribution in [-0.4, -0.2) is 55.0 Å². The third-order valence-corrected chi connectivity index (χ3v) is 6.18. The summed E-state index contributed by atoms with van der Waals surface area (Å²) in [6.45, 7) is 7.52. The van der Waals surface area contributed by atoms with Crippen molar-refractivity contribution < 1.29 is 19.1 Å². The lowest BCUT2D eigenvalue weighted by Crippen LogP contribution is -2.45. The zero-order valence-corrected chi connectivity index (χ0v) is 18.9. The number of nitrogens with zero attached hydrogens (tertiary/aromatic N) is 1. The van der Waals surface area contributed by atoms with E-state index in [1.807, 2.05) is 62.4 Å². The third kappa shape index (κ3) is 5.30. The average Bonchev–Trinajstić information content (AvgIpc) is 3.14. The predicted molar refractivity (Wildman–Crippen MR) is 124 cm³/mol. The first kappa shape index (κ1) is 22.3. The van der Waals surface area contributed by atoms with Crippen molar-refractivity contribution in [3.05, 3.63) is 59.7 Å². The summed E-state index contributed by atoms with van der Waals surface area (Å²) in [4.78, 5) is 27.1. The summed E-state index contributed by atoms with van der Waals surface area (Å²) >= 11 is 0. The normalized spacial score (nSPS) is 19.0. The fraction of sp³-hybridized carbons (Fsp3) is 0.462. The largest absolute Gasteiger partial charge is 0.493 e. The predicted octanol–water partition coefficient (Wildman–Crippen LogP) is 3.95. The van der Waals surface area contributed by atoms with E-state index in [9.17, 15) is 9.59 Å². The number of ether oxygens (including phenoxy) is 2. The summed E-state index contributed by atoms with van der Waals surface area (Å²) < 4.78 is 11.7. The molecule has 1 fully saturated rings. The quantitative estimate of drug-likeness (QED) is 0.635. The number of piperidine rings is 1. The van der Waals surface area contributed by atoms with Crippen LogP contribution < -0.4 is 14.8 Å². The summed E-state index contributed by atoms with van der Waals surface area (Å²) in [6.07, 6.45) is 2.46. The fourth-order valence-corrected chi connectivity index (χ4v) is 4.31. The Morgan fingerprint density at radius 2 is 1.91 bits per heavy atom. The van der Waals surface area contributed by atoms with Gasteiger partial charge in [-0.1, -0.05) is 32.0 Å². The van der Waals surface area contributed by atoms with Gasteiger partial charge in [-0.05, 0) is 49.4 Å². The molecule has 1 amide bonds. The highest BCUT2D eigenvalue weighted by molar-refractivity contribution is 6.04. The molecule has 0 spiro atoms. The molecule has 2 aromatic rings. The van der Waals surface area contributed by atoms with Gasteiger partial charge in [-0.25, -0.2) is 0 Å². The van der Waals surface area contributed by atoms with Gasteiger partial charge in [-0.3, -0.25) is 9.59 Å². The number of Topliss-reactive ketones (excluding diaryl/α,β-unsaturated/α-hetero) is 1. The molecule has 1 saturated heterocycles. The lowest BCUT2D eigenvalue weighted by molar-refractivity contribution is 0.0790. The van der Waals surface area contributed by atoms with E-state index in [0.29, 0.717) is 23.5 Å². The monoisotopic (exact) mass is 436 g/mol. The fourth-order valence-electron chi connectivity index (χ4n) is 4.31. The van der Waals surface area contributed by atoms with Gasteiger partial charge < -0.3 is 19.7 Å². The number of rotatable bonds is 8. The van der Waals surface area contributed by atoms with Gasteiger partial charge in [-0.15, -0.1) is 0 Å².